The summed E-state index contributed by atoms with van der Waals surface area (Å²) >= 11 is 1.49. The molecule has 1 aliphatic rings. The Morgan fingerprint density at radius 2 is 1.82 bits per heavy atom. The molecule has 1 aliphatic heterocycles. The molecule has 1 amide bonds. The lowest BCUT2D eigenvalue weighted by Gasteiger charge is -2.33. The average molecular weight is 399 g/mol. The van der Waals surface area contributed by atoms with E-state index in [-0.39, 0.29) is 24.5 Å². The van der Waals surface area contributed by atoms with E-state index in [1.54, 1.807) is 0 Å². The number of thiophene rings is 1. The lowest BCUT2D eigenvalue weighted by atomic mass is 10.0. The number of ketones is 1. The fourth-order valence-electron chi connectivity index (χ4n) is 3.61. The van der Waals surface area contributed by atoms with Gasteiger partial charge in [0, 0.05) is 36.9 Å². The molecule has 0 saturated carbocycles. The van der Waals surface area contributed by atoms with Crippen LogP contribution in [0.5, 0.6) is 0 Å². The molecule has 0 spiro atoms. The summed E-state index contributed by atoms with van der Waals surface area (Å²) in [5.74, 6) is -0.0302. The van der Waals surface area contributed by atoms with Gasteiger partial charge in [0.2, 0.25) is 5.91 Å². The first kappa shape index (κ1) is 20.7. The normalized spacial score (nSPS) is 17.4. The van der Waals surface area contributed by atoms with Crippen LogP contribution in [0.25, 0.3) is 0 Å². The summed E-state index contributed by atoms with van der Waals surface area (Å²) < 4.78 is 0. The minimum absolute atomic E-state index is 0.0459. The third-order valence-corrected chi connectivity index (χ3v) is 6.47. The Hall–Kier alpha value is -1.98. The van der Waals surface area contributed by atoms with Crippen LogP contribution in [0.3, 0.4) is 0 Å². The molecule has 1 fully saturated rings. The summed E-state index contributed by atoms with van der Waals surface area (Å²) in [6.07, 6.45) is 4.43. The van der Waals surface area contributed by atoms with Gasteiger partial charge in [0.1, 0.15) is 0 Å². The monoisotopic (exact) mass is 398 g/mol. The van der Waals surface area contributed by atoms with Crippen molar-refractivity contribution in [3.05, 3.63) is 57.3 Å². The van der Waals surface area contributed by atoms with Crippen LogP contribution in [0, 0.1) is 6.92 Å². The topological polar surface area (TPSA) is 49.4 Å². The molecule has 2 aromatic rings. The maximum absolute atomic E-state index is 12.1. The van der Waals surface area contributed by atoms with E-state index in [4.69, 9.17) is 0 Å². The van der Waals surface area contributed by atoms with Crippen molar-refractivity contribution in [2.75, 3.05) is 6.54 Å². The van der Waals surface area contributed by atoms with Crippen molar-refractivity contribution in [2.24, 2.45) is 0 Å². The van der Waals surface area contributed by atoms with E-state index >= 15 is 0 Å². The van der Waals surface area contributed by atoms with E-state index in [0.717, 1.165) is 21.9 Å². The van der Waals surface area contributed by atoms with Gasteiger partial charge >= 0.3 is 0 Å². The van der Waals surface area contributed by atoms with Crippen LogP contribution >= 0.6 is 11.3 Å². The molecule has 1 aromatic heterocycles. The number of aryl methyl sites for hydroxylation is 1. The van der Waals surface area contributed by atoms with Gasteiger partial charge in [0.05, 0.1) is 4.88 Å². The smallest absolute Gasteiger partial charge is 0.220 e. The molecular formula is C23H30N2O2S. The SMILES string of the molecule is Cc1ccc(C(=O)CCC(=O)NCc2ccc(CN3CCCCC3C)cc2)s1. The van der Waals surface area contributed by atoms with E-state index in [0.29, 0.717) is 12.6 Å². The number of nitrogens with one attached hydrogen (secondary N) is 1. The van der Waals surface area contributed by atoms with Crippen LogP contribution in [-0.4, -0.2) is 29.2 Å². The lowest BCUT2D eigenvalue weighted by molar-refractivity contribution is -0.121. The Labute approximate surface area is 172 Å². The second-order valence-electron chi connectivity index (χ2n) is 7.74. The van der Waals surface area contributed by atoms with Gasteiger partial charge in [0.15, 0.2) is 5.78 Å². The molecule has 1 atom stereocenters. The highest BCUT2D eigenvalue weighted by Gasteiger charge is 2.18. The van der Waals surface area contributed by atoms with Crippen molar-refractivity contribution in [2.45, 2.75) is 65.1 Å². The number of nitrogens with zero attached hydrogens (tertiary/aromatic N) is 1. The zero-order valence-corrected chi connectivity index (χ0v) is 17.7. The average Bonchev–Trinajstić information content (AvgIpc) is 3.14. The summed E-state index contributed by atoms with van der Waals surface area (Å²) in [7, 11) is 0. The fraction of sp³-hybridized carbons (Fsp3) is 0.478. The van der Waals surface area contributed by atoms with E-state index in [9.17, 15) is 9.59 Å². The first-order valence-corrected chi connectivity index (χ1v) is 11.0. The number of hydrogen-bond acceptors (Lipinski definition) is 4. The quantitative estimate of drug-likeness (QED) is 0.655. The van der Waals surface area contributed by atoms with E-state index in [2.05, 4.69) is 41.4 Å². The number of amides is 1. The number of rotatable bonds is 8. The molecule has 4 nitrogen and oxygen atoms in total. The molecule has 2 heterocycles. The Kier molecular flexibility index (Phi) is 7.40. The molecule has 1 saturated heterocycles. The van der Waals surface area contributed by atoms with Crippen molar-refractivity contribution in [1.29, 1.82) is 0 Å². The highest BCUT2D eigenvalue weighted by atomic mass is 32.1. The summed E-state index contributed by atoms with van der Waals surface area (Å²) in [4.78, 5) is 28.5. The number of benzene rings is 1. The largest absolute Gasteiger partial charge is 0.352 e. The second-order valence-corrected chi connectivity index (χ2v) is 9.03. The maximum Gasteiger partial charge on any atom is 0.220 e. The molecule has 3 rings (SSSR count). The molecule has 0 bridgehead atoms. The molecule has 1 aromatic carbocycles. The molecule has 1 unspecified atom stereocenters. The summed E-state index contributed by atoms with van der Waals surface area (Å²) in [5, 5.41) is 2.92. The first-order chi connectivity index (χ1) is 13.5. The summed E-state index contributed by atoms with van der Waals surface area (Å²) in [6, 6.07) is 12.9. The van der Waals surface area contributed by atoms with E-state index < -0.39 is 0 Å². The zero-order valence-electron chi connectivity index (χ0n) is 16.9. The first-order valence-electron chi connectivity index (χ1n) is 10.2. The number of piperidine rings is 1. The number of hydrogen-bond donors (Lipinski definition) is 1. The van der Waals surface area contributed by atoms with Gasteiger partial charge in [0.25, 0.3) is 0 Å². The predicted molar refractivity (Wildman–Crippen MR) is 115 cm³/mol. The van der Waals surface area contributed by atoms with Crippen molar-refractivity contribution in [3.63, 3.8) is 0 Å². The molecule has 28 heavy (non-hydrogen) atoms. The number of carbonyl (C=O) groups excluding carboxylic acids is 2. The Morgan fingerprint density at radius 1 is 1.07 bits per heavy atom. The van der Waals surface area contributed by atoms with Gasteiger partial charge in [-0.1, -0.05) is 30.7 Å². The number of likely N-dealkylation sites (tertiary alicyclic amines) is 1. The standard InChI is InChI=1S/C23H30N2O2S/c1-17-5-3-4-14-25(17)16-20-9-7-19(8-10-20)15-24-23(27)13-11-21(26)22-12-6-18(2)28-22/h6-10,12,17H,3-5,11,13-16H2,1-2H3,(H,24,27). The second kappa shape index (κ2) is 9.99. The van der Waals surface area contributed by atoms with E-state index in [1.807, 2.05) is 19.1 Å². The fourth-order valence-corrected chi connectivity index (χ4v) is 4.45. The minimum Gasteiger partial charge on any atom is -0.352 e. The molecule has 1 N–H and O–H groups in total. The zero-order chi connectivity index (χ0) is 19.9. The van der Waals surface area contributed by atoms with Crippen LogP contribution in [0.15, 0.2) is 36.4 Å². The molecule has 0 radical (unpaired) electrons. The van der Waals surface area contributed by atoms with Gasteiger partial charge in [-0.2, -0.15) is 0 Å². The summed E-state index contributed by atoms with van der Waals surface area (Å²) in [6.45, 7) is 6.98. The highest BCUT2D eigenvalue weighted by molar-refractivity contribution is 7.14. The van der Waals surface area contributed by atoms with Crippen LogP contribution in [0.4, 0.5) is 0 Å². The van der Waals surface area contributed by atoms with Gasteiger partial charge < -0.3 is 5.32 Å². The molecule has 5 heteroatoms. The molecular weight excluding hydrogens is 368 g/mol. The third kappa shape index (κ3) is 6.01. The van der Waals surface area contributed by atoms with Crippen LogP contribution < -0.4 is 5.32 Å². The predicted octanol–water partition coefficient (Wildman–Crippen LogP) is 4.71. The van der Waals surface area contributed by atoms with Gasteiger partial charge in [-0.15, -0.1) is 11.3 Å². The number of carbonyl (C=O) groups is 2. The maximum atomic E-state index is 12.1. The van der Waals surface area contributed by atoms with Gasteiger partial charge in [-0.25, -0.2) is 0 Å². The lowest BCUT2D eigenvalue weighted by Crippen LogP contribution is -2.36. The van der Waals surface area contributed by atoms with E-state index in [1.165, 1.54) is 42.7 Å². The van der Waals surface area contributed by atoms with Gasteiger partial charge in [-0.3, -0.25) is 14.5 Å². The van der Waals surface area contributed by atoms with Crippen molar-refractivity contribution in [1.82, 2.24) is 10.2 Å². The van der Waals surface area contributed by atoms with Crippen LogP contribution in [0.2, 0.25) is 0 Å². The minimum atomic E-state index is -0.0761. The Bertz CT molecular complexity index is 797. The number of Topliss-reactive ketones (excluding diaryl/α,β-unsaturated/α-hetero) is 1. The highest BCUT2D eigenvalue weighted by Crippen LogP contribution is 2.19. The summed E-state index contributed by atoms with van der Waals surface area (Å²) in [5.41, 5.74) is 2.41. The van der Waals surface area contributed by atoms with Crippen LogP contribution in [0.1, 0.15) is 64.7 Å². The van der Waals surface area contributed by atoms with Crippen LogP contribution in [-0.2, 0) is 17.9 Å². The van der Waals surface area contributed by atoms with Crippen molar-refractivity contribution >= 4 is 23.0 Å². The Balaban J connectivity index is 1.40. The third-order valence-electron chi connectivity index (χ3n) is 5.43. The molecule has 150 valence electrons. The van der Waals surface area contributed by atoms with Gasteiger partial charge in [-0.05, 0) is 56.5 Å². The van der Waals surface area contributed by atoms with Crippen molar-refractivity contribution in [3.8, 4) is 0 Å². The van der Waals surface area contributed by atoms with Crippen molar-refractivity contribution < 1.29 is 9.59 Å². The Morgan fingerprint density at radius 3 is 2.50 bits per heavy atom. The molecule has 0 aliphatic carbocycles.